The molecule has 2 aromatic carbocycles. The van der Waals surface area contributed by atoms with Crippen molar-refractivity contribution < 1.29 is 0 Å². The Hall–Kier alpha value is -1.31. The summed E-state index contributed by atoms with van der Waals surface area (Å²) in [5, 5.41) is 2.58. The molecular weight excluding hydrogens is 400 g/mol. The van der Waals surface area contributed by atoms with Crippen LogP contribution < -0.4 is 5.19 Å². The second-order valence-corrected chi connectivity index (χ2v) is 14.8. The standard InChI is InChI=1S/C28H37ClSi/c1-2-3-7-20-30(28-8-5-4-6-9-28)21-18-26(19-22-30)24-12-10-23(11-13-24)25-14-16-27(29)17-15-25/h4-6,8-10,14-17,24,26H,2-3,7,11-13,18-22H2,1H3. The van der Waals surface area contributed by atoms with E-state index in [2.05, 4.69) is 55.5 Å². The van der Waals surface area contributed by atoms with Crippen molar-refractivity contribution in [2.75, 3.05) is 0 Å². The highest BCUT2D eigenvalue weighted by atomic mass is 35.5. The molecule has 2 heteroatoms. The van der Waals surface area contributed by atoms with Crippen molar-refractivity contribution >= 4 is 30.4 Å². The third-order valence-electron chi connectivity index (χ3n) is 7.97. The topological polar surface area (TPSA) is 0 Å². The average Bonchev–Trinajstić information content (AvgIpc) is 2.81. The van der Waals surface area contributed by atoms with E-state index in [9.17, 15) is 0 Å². The van der Waals surface area contributed by atoms with Gasteiger partial charge in [0.05, 0.1) is 8.07 Å². The molecule has 0 N–H and O–H groups in total. The zero-order valence-electron chi connectivity index (χ0n) is 18.6. The Morgan fingerprint density at radius 2 is 1.60 bits per heavy atom. The highest BCUT2D eigenvalue weighted by Crippen LogP contribution is 2.44. The quantitative estimate of drug-likeness (QED) is 0.301. The van der Waals surface area contributed by atoms with Crippen LogP contribution in [-0.4, -0.2) is 8.07 Å². The SMILES string of the molecule is CCCCC[Si]1(c2ccccc2)CCC(C2CC=C(c3ccc(Cl)cc3)CC2)CC1. The fourth-order valence-electron chi connectivity index (χ4n) is 6.06. The molecule has 0 nitrogen and oxygen atoms in total. The number of hydrogen-bond acceptors (Lipinski definition) is 0. The maximum Gasteiger partial charge on any atom is 0.0867 e. The first-order valence-electron chi connectivity index (χ1n) is 12.2. The van der Waals surface area contributed by atoms with Gasteiger partial charge in [-0.15, -0.1) is 0 Å². The lowest BCUT2D eigenvalue weighted by atomic mass is 9.77. The summed E-state index contributed by atoms with van der Waals surface area (Å²) in [7, 11) is -1.30. The predicted octanol–water partition coefficient (Wildman–Crippen LogP) is 8.48. The first-order chi connectivity index (χ1) is 14.7. The molecule has 4 rings (SSSR count). The minimum Gasteiger partial charge on any atom is -0.0843 e. The van der Waals surface area contributed by atoms with E-state index in [1.165, 1.54) is 80.6 Å². The molecule has 2 aliphatic rings. The van der Waals surface area contributed by atoms with E-state index in [4.69, 9.17) is 11.6 Å². The number of allylic oxidation sites excluding steroid dienone is 2. The second kappa shape index (κ2) is 10.3. The molecule has 160 valence electrons. The van der Waals surface area contributed by atoms with Crippen LogP contribution in [0, 0.1) is 11.8 Å². The van der Waals surface area contributed by atoms with Crippen molar-refractivity contribution in [1.29, 1.82) is 0 Å². The lowest BCUT2D eigenvalue weighted by molar-refractivity contribution is 0.284. The molecule has 1 atom stereocenters. The van der Waals surface area contributed by atoms with Gasteiger partial charge in [0.25, 0.3) is 0 Å². The molecule has 0 amide bonds. The van der Waals surface area contributed by atoms with Gasteiger partial charge in [-0.05, 0) is 54.4 Å². The summed E-state index contributed by atoms with van der Waals surface area (Å²) < 4.78 is 0. The normalized spacial score (nSPS) is 26.9. The molecule has 0 bridgehead atoms. The van der Waals surface area contributed by atoms with Crippen molar-refractivity contribution in [3.05, 3.63) is 71.3 Å². The van der Waals surface area contributed by atoms with Gasteiger partial charge >= 0.3 is 0 Å². The van der Waals surface area contributed by atoms with Crippen LogP contribution in [0.3, 0.4) is 0 Å². The Bertz CT molecular complexity index is 815. The molecule has 30 heavy (non-hydrogen) atoms. The summed E-state index contributed by atoms with van der Waals surface area (Å²) in [6, 6.07) is 24.6. The molecule has 0 saturated carbocycles. The van der Waals surface area contributed by atoms with Crippen molar-refractivity contribution in [2.24, 2.45) is 11.8 Å². The molecule has 1 saturated heterocycles. The summed E-state index contributed by atoms with van der Waals surface area (Å²) in [6.07, 6.45) is 13.6. The molecule has 0 aromatic heterocycles. The maximum absolute atomic E-state index is 6.07. The molecule has 0 spiro atoms. The van der Waals surface area contributed by atoms with Crippen LogP contribution in [0.4, 0.5) is 0 Å². The first-order valence-corrected chi connectivity index (χ1v) is 15.2. The van der Waals surface area contributed by atoms with Crippen LogP contribution in [0.15, 0.2) is 60.7 Å². The predicted molar refractivity (Wildman–Crippen MR) is 135 cm³/mol. The zero-order chi connectivity index (χ0) is 20.8. The van der Waals surface area contributed by atoms with Gasteiger partial charge in [0, 0.05) is 5.02 Å². The fraction of sp³-hybridized carbons (Fsp3) is 0.500. The molecule has 1 aliphatic heterocycles. The molecular formula is C28H37ClSi. The molecule has 2 aromatic rings. The smallest absolute Gasteiger partial charge is 0.0843 e. The van der Waals surface area contributed by atoms with E-state index in [1.54, 1.807) is 5.19 Å². The summed E-state index contributed by atoms with van der Waals surface area (Å²) in [4.78, 5) is 0. The van der Waals surface area contributed by atoms with Gasteiger partial charge in [0.15, 0.2) is 0 Å². The summed E-state index contributed by atoms with van der Waals surface area (Å²) in [5.74, 6) is 1.85. The Morgan fingerprint density at radius 3 is 2.23 bits per heavy atom. The van der Waals surface area contributed by atoms with E-state index >= 15 is 0 Å². The van der Waals surface area contributed by atoms with Gasteiger partial charge in [-0.25, -0.2) is 0 Å². The Kier molecular flexibility index (Phi) is 7.54. The lowest BCUT2D eigenvalue weighted by Crippen LogP contribution is -2.50. The highest BCUT2D eigenvalue weighted by molar-refractivity contribution is 6.92. The maximum atomic E-state index is 6.07. The third kappa shape index (κ3) is 5.11. The van der Waals surface area contributed by atoms with Gasteiger partial charge in [0.1, 0.15) is 0 Å². The number of hydrogen-bond donors (Lipinski definition) is 0. The van der Waals surface area contributed by atoms with E-state index in [0.717, 1.165) is 16.9 Å². The zero-order valence-corrected chi connectivity index (χ0v) is 20.3. The van der Waals surface area contributed by atoms with E-state index in [-0.39, 0.29) is 0 Å². The summed E-state index contributed by atoms with van der Waals surface area (Å²) >= 11 is 6.07. The van der Waals surface area contributed by atoms with Gasteiger partial charge < -0.3 is 0 Å². The summed E-state index contributed by atoms with van der Waals surface area (Å²) in [6.45, 7) is 2.34. The number of halogens is 1. The molecule has 1 aliphatic carbocycles. The van der Waals surface area contributed by atoms with Gasteiger partial charge in [-0.3, -0.25) is 0 Å². The average molecular weight is 437 g/mol. The van der Waals surface area contributed by atoms with Crippen molar-refractivity contribution in [2.45, 2.75) is 76.4 Å². The number of rotatable bonds is 7. The highest BCUT2D eigenvalue weighted by Gasteiger charge is 2.40. The van der Waals surface area contributed by atoms with Crippen LogP contribution in [0.1, 0.15) is 63.9 Å². The molecule has 1 heterocycles. The van der Waals surface area contributed by atoms with Crippen LogP contribution in [0.5, 0.6) is 0 Å². The number of unbranched alkanes of at least 4 members (excludes halogenated alkanes) is 2. The van der Waals surface area contributed by atoms with Crippen LogP contribution in [-0.2, 0) is 0 Å². The summed E-state index contributed by atoms with van der Waals surface area (Å²) in [5.41, 5.74) is 2.90. The Balaban J connectivity index is 1.39. The van der Waals surface area contributed by atoms with Gasteiger partial charge in [-0.1, -0.05) is 122 Å². The van der Waals surface area contributed by atoms with Crippen molar-refractivity contribution in [3.8, 4) is 0 Å². The largest absolute Gasteiger partial charge is 0.0867 e. The van der Waals surface area contributed by atoms with Crippen LogP contribution >= 0.6 is 11.6 Å². The second-order valence-electron chi connectivity index (χ2n) is 9.71. The monoisotopic (exact) mass is 436 g/mol. The molecule has 0 radical (unpaired) electrons. The fourth-order valence-corrected chi connectivity index (χ4v) is 11.5. The number of benzene rings is 2. The van der Waals surface area contributed by atoms with Crippen molar-refractivity contribution in [1.82, 2.24) is 0 Å². The Morgan fingerprint density at radius 1 is 0.867 bits per heavy atom. The minimum atomic E-state index is -1.30. The van der Waals surface area contributed by atoms with E-state index < -0.39 is 8.07 Å². The van der Waals surface area contributed by atoms with Crippen LogP contribution in [0.2, 0.25) is 23.2 Å². The lowest BCUT2D eigenvalue weighted by Gasteiger charge is -2.42. The molecule has 1 fully saturated rings. The minimum absolute atomic E-state index is 0.834. The van der Waals surface area contributed by atoms with E-state index in [1.807, 2.05) is 12.1 Å². The van der Waals surface area contributed by atoms with Gasteiger partial charge in [-0.2, -0.15) is 0 Å². The van der Waals surface area contributed by atoms with Crippen molar-refractivity contribution in [3.63, 3.8) is 0 Å². The van der Waals surface area contributed by atoms with Crippen LogP contribution in [0.25, 0.3) is 5.57 Å². The Labute approximate surface area is 189 Å². The van der Waals surface area contributed by atoms with Gasteiger partial charge in [0.2, 0.25) is 0 Å². The third-order valence-corrected chi connectivity index (χ3v) is 13.6. The van der Waals surface area contributed by atoms with E-state index in [0.29, 0.717) is 0 Å². The molecule has 1 unspecified atom stereocenters. The first kappa shape index (κ1) is 21.9.